The first kappa shape index (κ1) is 83.1. The molecule has 0 bridgehead atoms. The molecular weight excluding hydrogens is 1130 g/mol. The van der Waals surface area contributed by atoms with E-state index in [2.05, 4.69) is 48.5 Å². The second-order valence-corrected chi connectivity index (χ2v) is 28.0. The van der Waals surface area contributed by atoms with Gasteiger partial charge in [0, 0.05) is 25.7 Å². The lowest BCUT2D eigenvalue weighted by molar-refractivity contribution is -0.161. The number of carbonyl (C=O) groups excluding carboxylic acids is 4. The lowest BCUT2D eigenvalue weighted by Gasteiger charge is -2.21. The number of phosphoric ester groups is 2. The van der Waals surface area contributed by atoms with Gasteiger partial charge in [-0.3, -0.25) is 37.3 Å². The molecule has 3 N–H and O–H groups in total. The molecule has 0 saturated carbocycles. The van der Waals surface area contributed by atoms with E-state index >= 15 is 0 Å². The summed E-state index contributed by atoms with van der Waals surface area (Å²) in [6, 6.07) is 0. The van der Waals surface area contributed by atoms with Crippen molar-refractivity contribution in [2.24, 2.45) is 17.8 Å². The van der Waals surface area contributed by atoms with Gasteiger partial charge in [-0.1, -0.05) is 273 Å². The first-order valence-electron chi connectivity index (χ1n) is 34.4. The van der Waals surface area contributed by atoms with E-state index in [1.54, 1.807) is 0 Å². The van der Waals surface area contributed by atoms with Crippen LogP contribution in [0.1, 0.15) is 325 Å². The van der Waals surface area contributed by atoms with Gasteiger partial charge in [-0.15, -0.1) is 0 Å². The van der Waals surface area contributed by atoms with Crippen LogP contribution in [0, 0.1) is 17.8 Å². The molecule has 0 rings (SSSR count). The molecule has 17 nitrogen and oxygen atoms in total. The van der Waals surface area contributed by atoms with Crippen LogP contribution in [0.3, 0.4) is 0 Å². The third kappa shape index (κ3) is 59.5. The van der Waals surface area contributed by atoms with Gasteiger partial charge >= 0.3 is 39.5 Å². The zero-order valence-corrected chi connectivity index (χ0v) is 56.9. The van der Waals surface area contributed by atoms with Gasteiger partial charge < -0.3 is 33.8 Å². The number of aliphatic hydroxyl groups is 1. The Hall–Kier alpha value is -1.94. The molecule has 0 aliphatic carbocycles. The van der Waals surface area contributed by atoms with E-state index < -0.39 is 97.5 Å². The molecule has 0 heterocycles. The summed E-state index contributed by atoms with van der Waals surface area (Å²) < 4.78 is 67.9. The molecular formula is C66H128O17P2. The molecule has 0 aromatic carbocycles. The van der Waals surface area contributed by atoms with E-state index in [0.29, 0.717) is 31.6 Å². The highest BCUT2D eigenvalue weighted by atomic mass is 31.2. The maximum Gasteiger partial charge on any atom is 0.472 e. The van der Waals surface area contributed by atoms with E-state index in [4.69, 9.17) is 37.0 Å². The maximum absolute atomic E-state index is 13.0. The maximum atomic E-state index is 13.0. The topological polar surface area (TPSA) is 237 Å². The van der Waals surface area contributed by atoms with Crippen LogP contribution in [0.25, 0.3) is 0 Å². The van der Waals surface area contributed by atoms with Crippen LogP contribution in [0.5, 0.6) is 0 Å². The number of unbranched alkanes of at least 4 members (excludes halogenated alkanes) is 31. The predicted octanol–water partition coefficient (Wildman–Crippen LogP) is 18.3. The molecule has 0 aliphatic rings. The number of aliphatic hydroxyl groups excluding tert-OH is 1. The van der Waals surface area contributed by atoms with Gasteiger partial charge in [-0.05, 0) is 43.4 Å². The summed E-state index contributed by atoms with van der Waals surface area (Å²) in [6.07, 6.45) is 39.4. The van der Waals surface area contributed by atoms with Gasteiger partial charge in [0.05, 0.1) is 26.4 Å². The lowest BCUT2D eigenvalue weighted by Crippen LogP contribution is -2.30. The van der Waals surface area contributed by atoms with Crippen molar-refractivity contribution in [3.8, 4) is 0 Å². The molecule has 85 heavy (non-hydrogen) atoms. The van der Waals surface area contributed by atoms with Gasteiger partial charge in [0.2, 0.25) is 0 Å². The first-order chi connectivity index (χ1) is 40.8. The van der Waals surface area contributed by atoms with E-state index in [-0.39, 0.29) is 25.7 Å². The summed E-state index contributed by atoms with van der Waals surface area (Å²) in [7, 11) is -9.88. The van der Waals surface area contributed by atoms with Gasteiger partial charge in [-0.2, -0.15) is 0 Å². The minimum Gasteiger partial charge on any atom is -0.462 e. The van der Waals surface area contributed by atoms with Crippen molar-refractivity contribution in [3.05, 3.63) is 0 Å². The quantitative estimate of drug-likeness (QED) is 0.0222. The Morgan fingerprint density at radius 1 is 0.341 bits per heavy atom. The Labute approximate surface area is 517 Å². The van der Waals surface area contributed by atoms with E-state index in [0.717, 1.165) is 108 Å². The number of carbonyl (C=O) groups is 4. The zero-order valence-electron chi connectivity index (χ0n) is 55.1. The summed E-state index contributed by atoms with van der Waals surface area (Å²) in [4.78, 5) is 72.0. The van der Waals surface area contributed by atoms with Gasteiger partial charge in [-0.25, -0.2) is 9.13 Å². The van der Waals surface area contributed by atoms with Crippen LogP contribution in [0.2, 0.25) is 0 Å². The fourth-order valence-electron chi connectivity index (χ4n) is 9.80. The average Bonchev–Trinajstić information content (AvgIpc) is 3.46. The van der Waals surface area contributed by atoms with Crippen LogP contribution in [-0.2, 0) is 65.4 Å². The SMILES string of the molecule is CCCCCCCC(=O)OC[C@H](COP(=O)(O)OC[C@H](O)COP(=O)(O)OC[C@@H](COC(=O)CCCCCCCCCCCCC(C)CC)OC(=O)CCCCCCCCCCCCCCCCC(C)C)OC(=O)CCCCCCCCC(C)C. The second-order valence-electron chi connectivity index (χ2n) is 25.1. The van der Waals surface area contributed by atoms with Gasteiger partial charge in [0.25, 0.3) is 0 Å². The predicted molar refractivity (Wildman–Crippen MR) is 340 cm³/mol. The Kier molecular flexibility index (Phi) is 55.9. The number of rotatable bonds is 64. The summed E-state index contributed by atoms with van der Waals surface area (Å²) in [5, 5.41) is 10.5. The Bertz CT molecular complexity index is 1680. The van der Waals surface area contributed by atoms with Crippen LogP contribution in [0.15, 0.2) is 0 Å². The van der Waals surface area contributed by atoms with Crippen LogP contribution in [0.4, 0.5) is 0 Å². The number of hydrogen-bond donors (Lipinski definition) is 3. The molecule has 3 unspecified atom stereocenters. The molecule has 6 atom stereocenters. The van der Waals surface area contributed by atoms with Crippen molar-refractivity contribution in [3.63, 3.8) is 0 Å². The Morgan fingerprint density at radius 2 is 0.600 bits per heavy atom. The van der Waals surface area contributed by atoms with Crippen molar-refractivity contribution in [1.82, 2.24) is 0 Å². The van der Waals surface area contributed by atoms with Crippen LogP contribution >= 0.6 is 15.6 Å². The number of ether oxygens (including phenoxy) is 4. The standard InChI is InChI=1S/C66H128O17P2/c1-8-10-11-30-40-47-63(68)76-53-61(83-66(71)50-43-36-29-28-32-38-45-58(5)6)55-80-84(72,73)78-51-60(67)52-79-85(74,75)81-56-62(54-77-64(69)48-41-34-26-22-19-18-21-25-33-39-46-59(7)9-2)82-65(70)49-42-35-27-23-17-15-13-12-14-16-20-24-31-37-44-57(3)4/h57-62,67H,8-56H2,1-7H3,(H,72,73)(H,74,75)/t59?,60-,61+,62+/m0/s1. The molecule has 0 aromatic heterocycles. The smallest absolute Gasteiger partial charge is 0.462 e. The lowest BCUT2D eigenvalue weighted by atomic mass is 9.99. The molecule has 0 fully saturated rings. The van der Waals surface area contributed by atoms with E-state index in [1.165, 1.54) is 128 Å². The highest BCUT2D eigenvalue weighted by molar-refractivity contribution is 7.47. The fraction of sp³-hybridized carbons (Fsp3) is 0.939. The second kappa shape index (κ2) is 57.2. The minimum absolute atomic E-state index is 0.101. The molecule has 0 aliphatic heterocycles. The molecule has 19 heteroatoms. The largest absolute Gasteiger partial charge is 0.472 e. The molecule has 0 amide bonds. The molecule has 0 aromatic rings. The average molecular weight is 1260 g/mol. The molecule has 0 saturated heterocycles. The number of hydrogen-bond acceptors (Lipinski definition) is 15. The highest BCUT2D eigenvalue weighted by Gasteiger charge is 2.30. The van der Waals surface area contributed by atoms with E-state index in [1.807, 2.05) is 0 Å². The highest BCUT2D eigenvalue weighted by Crippen LogP contribution is 2.45. The number of esters is 4. The summed E-state index contributed by atoms with van der Waals surface area (Å²) in [6.45, 7) is 11.7. The first-order valence-corrected chi connectivity index (χ1v) is 37.4. The zero-order chi connectivity index (χ0) is 63.1. The molecule has 0 spiro atoms. The normalized spacial score (nSPS) is 14.6. The minimum atomic E-state index is -4.95. The van der Waals surface area contributed by atoms with Crippen molar-refractivity contribution in [2.45, 2.75) is 343 Å². The van der Waals surface area contributed by atoms with Crippen molar-refractivity contribution in [1.29, 1.82) is 0 Å². The van der Waals surface area contributed by atoms with E-state index in [9.17, 15) is 43.2 Å². The number of phosphoric acid groups is 2. The monoisotopic (exact) mass is 1250 g/mol. The van der Waals surface area contributed by atoms with Crippen molar-refractivity contribution in [2.75, 3.05) is 39.6 Å². The summed E-state index contributed by atoms with van der Waals surface area (Å²) in [5.74, 6) is 0.128. The van der Waals surface area contributed by atoms with Crippen molar-refractivity contribution < 1.29 is 80.2 Å². The molecule has 0 radical (unpaired) electrons. The summed E-state index contributed by atoms with van der Waals surface area (Å²) >= 11 is 0. The molecule has 504 valence electrons. The van der Waals surface area contributed by atoms with Crippen molar-refractivity contribution >= 4 is 39.5 Å². The third-order valence-corrected chi connectivity index (χ3v) is 17.4. The fourth-order valence-corrected chi connectivity index (χ4v) is 11.4. The Morgan fingerprint density at radius 3 is 0.894 bits per heavy atom. The van der Waals surface area contributed by atoms with Gasteiger partial charge in [0.1, 0.15) is 19.3 Å². The Balaban J connectivity index is 5.17. The van der Waals surface area contributed by atoms with Crippen LogP contribution < -0.4 is 0 Å². The van der Waals surface area contributed by atoms with Gasteiger partial charge in [0.15, 0.2) is 12.2 Å². The third-order valence-electron chi connectivity index (χ3n) is 15.5. The van der Waals surface area contributed by atoms with Crippen LogP contribution in [-0.4, -0.2) is 96.7 Å². The summed E-state index contributed by atoms with van der Waals surface area (Å²) in [5.41, 5.74) is 0.